The normalized spacial score (nSPS) is 15.6. The van der Waals surface area contributed by atoms with Crippen LogP contribution in [0, 0.1) is 13.8 Å². The standard InChI is InChI=1S/C20H19BrN2O4S/c1-4-27-18(24)11-22-19(25)17(28-20(22)26)10-14-9-12(2)23(13(14)3)16-7-5-15(21)6-8-16/h5-10H,4,11H2,1-3H3/b17-10-. The number of halogens is 1. The molecule has 3 rings (SSSR count). The fourth-order valence-electron chi connectivity index (χ4n) is 3.03. The Bertz CT molecular complexity index is 979. The second-order valence-corrected chi connectivity index (χ2v) is 8.12. The number of amides is 2. The second kappa shape index (κ2) is 8.36. The Kier molecular flexibility index (Phi) is 6.10. The Morgan fingerprint density at radius 1 is 1.21 bits per heavy atom. The monoisotopic (exact) mass is 462 g/mol. The SMILES string of the molecule is CCOC(=O)CN1C(=O)S/C(=C\c2cc(C)n(-c3ccc(Br)cc3)c2C)C1=O. The minimum absolute atomic E-state index is 0.201. The molecular weight excluding hydrogens is 444 g/mol. The van der Waals surface area contributed by atoms with Crippen molar-refractivity contribution in [3.63, 3.8) is 0 Å². The first kappa shape index (κ1) is 20.4. The highest BCUT2D eigenvalue weighted by Gasteiger charge is 2.36. The van der Waals surface area contributed by atoms with Crippen molar-refractivity contribution in [3.8, 4) is 5.69 Å². The molecule has 2 aromatic rings. The lowest BCUT2D eigenvalue weighted by atomic mass is 10.2. The van der Waals surface area contributed by atoms with Gasteiger partial charge in [0.15, 0.2) is 0 Å². The van der Waals surface area contributed by atoms with Gasteiger partial charge in [0.25, 0.3) is 11.1 Å². The Morgan fingerprint density at radius 2 is 1.89 bits per heavy atom. The third-order valence-corrected chi connectivity index (χ3v) is 5.74. The van der Waals surface area contributed by atoms with E-state index in [4.69, 9.17) is 4.74 Å². The van der Waals surface area contributed by atoms with Crippen LogP contribution in [-0.2, 0) is 14.3 Å². The molecule has 0 spiro atoms. The second-order valence-electron chi connectivity index (χ2n) is 6.21. The Balaban J connectivity index is 1.89. The van der Waals surface area contributed by atoms with Crippen LogP contribution in [0.25, 0.3) is 11.8 Å². The molecular formula is C20H19BrN2O4S. The Hall–Kier alpha value is -2.32. The van der Waals surface area contributed by atoms with Crippen LogP contribution in [0.2, 0.25) is 0 Å². The highest BCUT2D eigenvalue weighted by molar-refractivity contribution is 9.10. The van der Waals surface area contributed by atoms with Gasteiger partial charge >= 0.3 is 5.97 Å². The largest absolute Gasteiger partial charge is 0.465 e. The lowest BCUT2D eigenvalue weighted by Gasteiger charge is -2.11. The van der Waals surface area contributed by atoms with Crippen molar-refractivity contribution in [1.82, 2.24) is 9.47 Å². The molecule has 146 valence electrons. The van der Waals surface area contributed by atoms with Gasteiger partial charge in [-0.25, -0.2) is 0 Å². The third kappa shape index (κ3) is 4.07. The van der Waals surface area contributed by atoms with E-state index in [-0.39, 0.29) is 13.2 Å². The number of benzene rings is 1. The summed E-state index contributed by atoms with van der Waals surface area (Å²) in [5.74, 6) is -1.07. The summed E-state index contributed by atoms with van der Waals surface area (Å²) in [6, 6.07) is 9.90. The summed E-state index contributed by atoms with van der Waals surface area (Å²) in [6.07, 6.45) is 1.70. The average Bonchev–Trinajstić information content (AvgIpc) is 3.06. The summed E-state index contributed by atoms with van der Waals surface area (Å²) < 4.78 is 7.91. The average molecular weight is 463 g/mol. The Labute approximate surface area is 175 Å². The van der Waals surface area contributed by atoms with Crippen LogP contribution < -0.4 is 0 Å². The minimum atomic E-state index is -0.598. The number of carbonyl (C=O) groups is 3. The summed E-state index contributed by atoms with van der Waals surface area (Å²) in [6.45, 7) is 5.45. The van der Waals surface area contributed by atoms with Crippen molar-refractivity contribution < 1.29 is 19.1 Å². The molecule has 28 heavy (non-hydrogen) atoms. The van der Waals surface area contributed by atoms with E-state index in [9.17, 15) is 14.4 Å². The van der Waals surface area contributed by atoms with Crippen LogP contribution in [0.5, 0.6) is 0 Å². The van der Waals surface area contributed by atoms with Crippen LogP contribution in [0.4, 0.5) is 4.79 Å². The molecule has 1 aliphatic heterocycles. The summed E-state index contributed by atoms with van der Waals surface area (Å²) >= 11 is 4.27. The minimum Gasteiger partial charge on any atom is -0.465 e. The van der Waals surface area contributed by atoms with E-state index in [1.807, 2.05) is 44.2 Å². The van der Waals surface area contributed by atoms with Gasteiger partial charge in [-0.1, -0.05) is 15.9 Å². The van der Waals surface area contributed by atoms with Crippen LogP contribution in [-0.4, -0.2) is 39.7 Å². The van der Waals surface area contributed by atoms with Crippen LogP contribution in [0.15, 0.2) is 39.7 Å². The number of rotatable bonds is 5. The van der Waals surface area contributed by atoms with Crippen molar-refractivity contribution in [1.29, 1.82) is 0 Å². The van der Waals surface area contributed by atoms with Gasteiger partial charge in [-0.15, -0.1) is 0 Å². The molecule has 1 saturated heterocycles. The molecule has 1 aromatic carbocycles. The lowest BCUT2D eigenvalue weighted by molar-refractivity contribution is -0.145. The van der Waals surface area contributed by atoms with E-state index in [0.717, 1.165) is 43.8 Å². The summed E-state index contributed by atoms with van der Waals surface area (Å²) in [4.78, 5) is 37.6. The predicted molar refractivity (Wildman–Crippen MR) is 112 cm³/mol. The van der Waals surface area contributed by atoms with Gasteiger partial charge < -0.3 is 9.30 Å². The van der Waals surface area contributed by atoms with Gasteiger partial charge in [0.2, 0.25) is 0 Å². The van der Waals surface area contributed by atoms with Gasteiger partial charge in [-0.05, 0) is 74.5 Å². The number of nitrogens with zero attached hydrogens (tertiary/aromatic N) is 2. The highest BCUT2D eigenvalue weighted by atomic mass is 79.9. The first-order valence-electron chi connectivity index (χ1n) is 8.67. The molecule has 0 radical (unpaired) electrons. The summed E-state index contributed by atoms with van der Waals surface area (Å²) in [7, 11) is 0. The smallest absolute Gasteiger partial charge is 0.326 e. The van der Waals surface area contributed by atoms with Gasteiger partial charge in [0.05, 0.1) is 11.5 Å². The van der Waals surface area contributed by atoms with E-state index in [2.05, 4.69) is 20.5 Å². The first-order valence-corrected chi connectivity index (χ1v) is 10.3. The number of imide groups is 1. The molecule has 1 fully saturated rings. The topological polar surface area (TPSA) is 68.6 Å². The number of ether oxygens (including phenoxy) is 1. The van der Waals surface area contributed by atoms with Crippen molar-refractivity contribution in [2.24, 2.45) is 0 Å². The number of hydrogen-bond donors (Lipinski definition) is 0. The van der Waals surface area contributed by atoms with Crippen molar-refractivity contribution in [2.45, 2.75) is 20.8 Å². The van der Waals surface area contributed by atoms with E-state index in [1.54, 1.807) is 13.0 Å². The van der Waals surface area contributed by atoms with Gasteiger partial charge in [0, 0.05) is 21.5 Å². The zero-order valence-corrected chi connectivity index (χ0v) is 18.1. The molecule has 0 bridgehead atoms. The lowest BCUT2D eigenvalue weighted by Crippen LogP contribution is -2.34. The zero-order valence-electron chi connectivity index (χ0n) is 15.7. The van der Waals surface area contributed by atoms with Crippen LogP contribution in [0.3, 0.4) is 0 Å². The molecule has 0 saturated carbocycles. The summed E-state index contributed by atoms with van der Waals surface area (Å²) in [5.41, 5.74) is 3.82. The van der Waals surface area contributed by atoms with Gasteiger partial charge in [-0.3, -0.25) is 19.3 Å². The van der Waals surface area contributed by atoms with E-state index < -0.39 is 17.1 Å². The van der Waals surface area contributed by atoms with E-state index in [1.165, 1.54) is 0 Å². The zero-order chi connectivity index (χ0) is 20.4. The summed E-state index contributed by atoms with van der Waals surface area (Å²) in [5, 5.41) is -0.467. The quantitative estimate of drug-likeness (QED) is 0.484. The molecule has 0 unspecified atom stereocenters. The number of aromatic nitrogens is 1. The maximum atomic E-state index is 12.6. The predicted octanol–water partition coefficient (Wildman–Crippen LogP) is 4.46. The van der Waals surface area contributed by atoms with Crippen molar-refractivity contribution in [3.05, 3.63) is 56.7 Å². The van der Waals surface area contributed by atoms with Crippen molar-refractivity contribution in [2.75, 3.05) is 13.2 Å². The maximum Gasteiger partial charge on any atom is 0.326 e. The van der Waals surface area contributed by atoms with E-state index >= 15 is 0 Å². The molecule has 8 heteroatoms. The molecule has 1 aliphatic rings. The number of carbonyl (C=O) groups excluding carboxylic acids is 3. The fourth-order valence-corrected chi connectivity index (χ4v) is 4.13. The third-order valence-electron chi connectivity index (χ3n) is 4.31. The number of aryl methyl sites for hydroxylation is 1. The molecule has 0 atom stereocenters. The molecule has 0 aliphatic carbocycles. The van der Waals surface area contributed by atoms with Crippen LogP contribution >= 0.6 is 27.7 Å². The molecule has 6 nitrogen and oxygen atoms in total. The highest BCUT2D eigenvalue weighted by Crippen LogP contribution is 2.33. The molecule has 1 aromatic heterocycles. The fraction of sp³-hybridized carbons (Fsp3) is 0.250. The molecule has 2 amide bonds. The van der Waals surface area contributed by atoms with Crippen LogP contribution in [0.1, 0.15) is 23.9 Å². The number of esters is 1. The molecule has 0 N–H and O–H groups in total. The van der Waals surface area contributed by atoms with E-state index in [0.29, 0.717) is 4.91 Å². The van der Waals surface area contributed by atoms with Gasteiger partial charge in [-0.2, -0.15) is 0 Å². The molecule has 2 heterocycles. The Morgan fingerprint density at radius 3 is 2.54 bits per heavy atom. The number of hydrogen-bond acceptors (Lipinski definition) is 5. The van der Waals surface area contributed by atoms with Crippen molar-refractivity contribution >= 4 is 50.9 Å². The first-order chi connectivity index (χ1) is 13.3. The van der Waals surface area contributed by atoms with Gasteiger partial charge in [0.1, 0.15) is 6.54 Å². The number of thioether (sulfide) groups is 1. The maximum absolute atomic E-state index is 12.6.